The van der Waals surface area contributed by atoms with Crippen molar-refractivity contribution in [3.05, 3.63) is 120 Å². The van der Waals surface area contributed by atoms with Crippen molar-refractivity contribution in [3.8, 4) is 28.0 Å². The first-order chi connectivity index (χ1) is 17.3. The molecule has 4 aromatic carbocycles. The smallest absolute Gasteiger partial charge is 0.418 e. The summed E-state index contributed by atoms with van der Waals surface area (Å²) in [4.78, 5) is 4.20. The molecule has 0 atom stereocenters. The highest BCUT2D eigenvalue weighted by molar-refractivity contribution is 6.03. The third-order valence-corrected chi connectivity index (χ3v) is 5.82. The van der Waals surface area contributed by atoms with Gasteiger partial charge in [-0.15, -0.1) is 0 Å². The molecule has 0 fully saturated rings. The third-order valence-electron chi connectivity index (χ3n) is 5.82. The van der Waals surface area contributed by atoms with E-state index in [-0.39, 0.29) is 17.7 Å². The van der Waals surface area contributed by atoms with Crippen LogP contribution in [0.5, 0.6) is 5.75 Å². The Morgan fingerprint density at radius 1 is 0.750 bits per heavy atom. The highest BCUT2D eigenvalue weighted by atomic mass is 19.4. The number of benzene rings is 4. The first-order valence-corrected chi connectivity index (χ1v) is 11.0. The lowest BCUT2D eigenvalue weighted by Gasteiger charge is -2.17. The number of hydrogen-bond donors (Lipinski definition) is 0. The molecule has 5 rings (SSSR count). The number of rotatable bonds is 5. The maximum Gasteiger partial charge on any atom is 0.418 e. The SMILES string of the molecule is Fc1ccc(COc2cccc(-c3c(-c4ccccc4)cnc4c(C(F)(F)F)cccc34)c2)c(F)c1. The Morgan fingerprint density at radius 2 is 1.50 bits per heavy atom. The Kier molecular flexibility index (Phi) is 6.14. The number of halogens is 5. The number of aromatic nitrogens is 1. The average molecular weight is 491 g/mol. The predicted molar refractivity (Wildman–Crippen MR) is 128 cm³/mol. The fraction of sp³-hybridized carbons (Fsp3) is 0.0690. The van der Waals surface area contributed by atoms with E-state index < -0.39 is 23.4 Å². The average Bonchev–Trinajstić information content (AvgIpc) is 2.87. The minimum Gasteiger partial charge on any atom is -0.489 e. The van der Waals surface area contributed by atoms with Gasteiger partial charge in [0.15, 0.2) is 0 Å². The van der Waals surface area contributed by atoms with Crippen LogP contribution in [0.3, 0.4) is 0 Å². The van der Waals surface area contributed by atoms with Crippen LogP contribution in [0.2, 0.25) is 0 Å². The molecule has 0 bridgehead atoms. The summed E-state index contributed by atoms with van der Waals surface area (Å²) in [6, 6.07) is 23.3. The molecule has 7 heteroatoms. The van der Waals surface area contributed by atoms with Crippen LogP contribution in [-0.4, -0.2) is 4.98 Å². The van der Waals surface area contributed by atoms with Gasteiger partial charge in [0.05, 0.1) is 11.1 Å². The number of alkyl halides is 3. The molecule has 0 aliphatic heterocycles. The van der Waals surface area contributed by atoms with Crippen molar-refractivity contribution in [2.45, 2.75) is 12.8 Å². The van der Waals surface area contributed by atoms with Crippen molar-refractivity contribution in [1.29, 1.82) is 0 Å². The minimum atomic E-state index is -4.57. The zero-order chi connectivity index (χ0) is 25.3. The van der Waals surface area contributed by atoms with Crippen LogP contribution < -0.4 is 4.74 Å². The highest BCUT2D eigenvalue weighted by Crippen LogP contribution is 2.42. The lowest BCUT2D eigenvalue weighted by molar-refractivity contribution is -0.136. The monoisotopic (exact) mass is 491 g/mol. The molecule has 180 valence electrons. The number of para-hydroxylation sites is 1. The zero-order valence-corrected chi connectivity index (χ0v) is 18.7. The van der Waals surface area contributed by atoms with Crippen molar-refractivity contribution in [2.24, 2.45) is 0 Å². The second-order valence-electron chi connectivity index (χ2n) is 8.16. The Balaban J connectivity index is 1.64. The molecule has 0 unspecified atom stereocenters. The molecule has 1 aromatic heterocycles. The predicted octanol–water partition coefficient (Wildman–Crippen LogP) is 8.44. The molecule has 0 aliphatic carbocycles. The number of hydrogen-bond acceptors (Lipinski definition) is 2. The number of ether oxygens (including phenoxy) is 1. The minimum absolute atomic E-state index is 0.142. The summed E-state index contributed by atoms with van der Waals surface area (Å²) in [5.41, 5.74) is 1.83. The quantitative estimate of drug-likeness (QED) is 0.230. The highest BCUT2D eigenvalue weighted by Gasteiger charge is 2.33. The first kappa shape index (κ1) is 23.5. The van der Waals surface area contributed by atoms with Crippen molar-refractivity contribution in [1.82, 2.24) is 4.98 Å². The van der Waals surface area contributed by atoms with Gasteiger partial charge < -0.3 is 4.74 Å². The maximum absolute atomic E-state index is 14.0. The van der Waals surface area contributed by atoms with Crippen LogP contribution in [-0.2, 0) is 12.8 Å². The summed E-state index contributed by atoms with van der Waals surface area (Å²) < 4.78 is 74.2. The Morgan fingerprint density at radius 3 is 2.25 bits per heavy atom. The Labute approximate surface area is 203 Å². The molecule has 0 radical (unpaired) electrons. The van der Waals surface area contributed by atoms with Gasteiger partial charge in [-0.3, -0.25) is 4.98 Å². The first-order valence-electron chi connectivity index (χ1n) is 11.0. The van der Waals surface area contributed by atoms with Crippen molar-refractivity contribution >= 4 is 10.9 Å². The molecule has 2 nitrogen and oxygen atoms in total. The van der Waals surface area contributed by atoms with Crippen LogP contribution in [0.15, 0.2) is 97.2 Å². The number of nitrogens with zero attached hydrogens (tertiary/aromatic N) is 1. The molecule has 0 aliphatic rings. The van der Waals surface area contributed by atoms with E-state index in [1.165, 1.54) is 18.3 Å². The van der Waals surface area contributed by atoms with Gasteiger partial charge >= 0.3 is 6.18 Å². The third kappa shape index (κ3) is 4.64. The summed E-state index contributed by atoms with van der Waals surface area (Å²) in [7, 11) is 0. The molecule has 36 heavy (non-hydrogen) atoms. The van der Waals surface area contributed by atoms with Crippen LogP contribution >= 0.6 is 0 Å². The maximum atomic E-state index is 14.0. The molecule has 0 spiro atoms. The topological polar surface area (TPSA) is 22.1 Å². The van der Waals surface area contributed by atoms with E-state index in [0.29, 0.717) is 27.8 Å². The van der Waals surface area contributed by atoms with Crippen LogP contribution in [0, 0.1) is 11.6 Å². The summed E-state index contributed by atoms with van der Waals surface area (Å²) in [5, 5.41) is 0.341. The molecular formula is C29H18F5NO. The van der Waals surface area contributed by atoms with Crippen LogP contribution in [0.1, 0.15) is 11.1 Å². The molecule has 0 amide bonds. The molecule has 5 aromatic rings. The fourth-order valence-electron chi connectivity index (χ4n) is 4.14. The van der Waals surface area contributed by atoms with E-state index in [0.717, 1.165) is 23.8 Å². The van der Waals surface area contributed by atoms with Gasteiger partial charge in [-0.25, -0.2) is 8.78 Å². The molecule has 1 heterocycles. The lowest BCUT2D eigenvalue weighted by atomic mass is 9.91. The standard InChI is InChI=1S/C29H18F5NO/c30-21-13-12-20(26(31)15-21)17-36-22-9-4-8-19(14-22)27-23-10-5-11-25(29(32,33)34)28(23)35-16-24(27)18-6-2-1-3-7-18/h1-16H,17H2. The van der Waals surface area contributed by atoms with Gasteiger partial charge in [0, 0.05) is 34.3 Å². The largest absolute Gasteiger partial charge is 0.489 e. The van der Waals surface area contributed by atoms with E-state index >= 15 is 0 Å². The molecular weight excluding hydrogens is 473 g/mol. The summed E-state index contributed by atoms with van der Waals surface area (Å²) >= 11 is 0. The second-order valence-corrected chi connectivity index (χ2v) is 8.16. The molecule has 0 saturated carbocycles. The second kappa shape index (κ2) is 9.41. The normalized spacial score (nSPS) is 11.6. The van der Waals surface area contributed by atoms with Gasteiger partial charge in [0.1, 0.15) is 24.0 Å². The van der Waals surface area contributed by atoms with Crippen molar-refractivity contribution in [2.75, 3.05) is 0 Å². The summed E-state index contributed by atoms with van der Waals surface area (Å²) in [5.74, 6) is -1.03. The van der Waals surface area contributed by atoms with Crippen LogP contribution in [0.4, 0.5) is 22.0 Å². The van der Waals surface area contributed by atoms with Crippen molar-refractivity contribution < 1.29 is 26.7 Å². The van der Waals surface area contributed by atoms with Gasteiger partial charge in [-0.05, 0) is 41.5 Å². The van der Waals surface area contributed by atoms with Gasteiger partial charge in [0.25, 0.3) is 0 Å². The van der Waals surface area contributed by atoms with Gasteiger partial charge in [-0.1, -0.05) is 54.6 Å². The number of fused-ring (bicyclic) bond motifs is 1. The van der Waals surface area contributed by atoms with E-state index in [9.17, 15) is 22.0 Å². The van der Waals surface area contributed by atoms with E-state index in [1.54, 1.807) is 30.3 Å². The van der Waals surface area contributed by atoms with Crippen molar-refractivity contribution in [3.63, 3.8) is 0 Å². The van der Waals surface area contributed by atoms with Gasteiger partial charge in [-0.2, -0.15) is 13.2 Å². The number of pyridine rings is 1. The summed E-state index contributed by atoms with van der Waals surface area (Å²) in [6.45, 7) is -0.142. The van der Waals surface area contributed by atoms with E-state index in [1.807, 2.05) is 30.3 Å². The Bertz CT molecular complexity index is 1550. The van der Waals surface area contributed by atoms with Gasteiger partial charge in [0.2, 0.25) is 0 Å². The van der Waals surface area contributed by atoms with E-state index in [2.05, 4.69) is 4.98 Å². The van der Waals surface area contributed by atoms with Crippen LogP contribution in [0.25, 0.3) is 33.2 Å². The van der Waals surface area contributed by atoms with E-state index in [4.69, 9.17) is 4.74 Å². The summed E-state index contributed by atoms with van der Waals surface area (Å²) in [6.07, 6.45) is -3.12. The molecule has 0 N–H and O–H groups in total. The zero-order valence-electron chi connectivity index (χ0n) is 18.7. The lowest BCUT2D eigenvalue weighted by Crippen LogP contribution is -2.07. The molecule has 0 saturated heterocycles. The Hall–Kier alpha value is -4.26. The fourth-order valence-corrected chi connectivity index (χ4v) is 4.14.